The lowest BCUT2D eigenvalue weighted by Gasteiger charge is -2.23. The van der Waals surface area contributed by atoms with E-state index in [1.54, 1.807) is 0 Å². The average Bonchev–Trinajstić information content (AvgIpc) is 2.19. The van der Waals surface area contributed by atoms with Crippen molar-refractivity contribution in [3.05, 3.63) is 42.6 Å². The molecule has 0 radical (unpaired) electrons. The molecule has 0 amide bonds. The normalized spacial score (nSPS) is 15.8. The van der Waals surface area contributed by atoms with E-state index in [9.17, 15) is 0 Å². The highest BCUT2D eigenvalue weighted by molar-refractivity contribution is 6.92. The van der Waals surface area contributed by atoms with E-state index in [2.05, 4.69) is 43.9 Å². The smallest absolute Gasteiger partial charge is 0.233 e. The Balaban J connectivity index is 2.95. The first-order chi connectivity index (χ1) is 6.23. The second kappa shape index (κ2) is 4.55. The molecule has 1 aromatic rings. The first-order valence-corrected chi connectivity index (χ1v) is 9.03. The predicted molar refractivity (Wildman–Crippen MR) is 63.4 cm³/mol. The molecule has 0 spiro atoms. The van der Waals surface area contributed by atoms with E-state index in [1.165, 1.54) is 5.19 Å². The highest BCUT2D eigenvalue weighted by atomic mass is 28.4. The maximum Gasteiger partial charge on any atom is 0.233 e. The molecule has 0 aromatic heterocycles. The van der Waals surface area contributed by atoms with Gasteiger partial charge in [-0.05, 0) is 11.7 Å². The fourth-order valence-corrected chi connectivity index (χ4v) is 5.96. The van der Waals surface area contributed by atoms with Crippen LogP contribution in [-0.2, 0) is 4.12 Å². The second-order valence-electron chi connectivity index (χ2n) is 3.11. The van der Waals surface area contributed by atoms with Gasteiger partial charge in [-0.3, -0.25) is 0 Å². The highest BCUT2D eigenvalue weighted by Crippen LogP contribution is 2.05. The van der Waals surface area contributed by atoms with Crippen molar-refractivity contribution < 1.29 is 4.12 Å². The molecule has 0 aliphatic rings. The summed E-state index contributed by atoms with van der Waals surface area (Å²) in [7, 11) is -2.13. The van der Waals surface area contributed by atoms with Gasteiger partial charge in [-0.2, -0.15) is 0 Å². The van der Waals surface area contributed by atoms with Crippen LogP contribution in [0.15, 0.2) is 42.6 Å². The summed E-state index contributed by atoms with van der Waals surface area (Å²) in [5.74, 6) is 0. The molecule has 0 aliphatic carbocycles. The lowest BCUT2D eigenvalue weighted by atomic mass is 10.4. The van der Waals surface area contributed by atoms with Gasteiger partial charge >= 0.3 is 0 Å². The van der Waals surface area contributed by atoms with Crippen LogP contribution in [0.25, 0.3) is 0 Å². The largest absolute Gasteiger partial charge is 0.455 e. The molecule has 0 fully saturated rings. The molecule has 0 N–H and O–H groups in total. The van der Waals surface area contributed by atoms with Crippen LogP contribution in [-0.4, -0.2) is 18.1 Å². The zero-order chi connectivity index (χ0) is 9.73. The van der Waals surface area contributed by atoms with E-state index in [4.69, 9.17) is 4.12 Å². The molecule has 0 heterocycles. The van der Waals surface area contributed by atoms with E-state index >= 15 is 0 Å². The predicted octanol–water partition coefficient (Wildman–Crippen LogP) is 1.34. The summed E-state index contributed by atoms with van der Waals surface area (Å²) in [6, 6.07) is 10.4. The van der Waals surface area contributed by atoms with Crippen LogP contribution in [0.3, 0.4) is 0 Å². The Labute approximate surface area is 83.5 Å². The second-order valence-corrected chi connectivity index (χ2v) is 8.04. The third kappa shape index (κ3) is 2.40. The first kappa shape index (κ1) is 10.4. The number of benzene rings is 1. The monoisotopic (exact) mass is 208 g/mol. The molecule has 1 atom stereocenters. The van der Waals surface area contributed by atoms with E-state index < -0.39 is 8.32 Å². The van der Waals surface area contributed by atoms with Gasteiger partial charge in [0.05, 0.1) is 0 Å². The maximum atomic E-state index is 5.92. The van der Waals surface area contributed by atoms with Crippen molar-refractivity contribution in [3.63, 3.8) is 0 Å². The van der Waals surface area contributed by atoms with Crippen molar-refractivity contribution in [1.29, 1.82) is 0 Å². The zero-order valence-corrected chi connectivity index (χ0v) is 10.7. The molecule has 0 aliphatic heterocycles. The minimum absolute atomic E-state index is 0.354. The summed E-state index contributed by atoms with van der Waals surface area (Å²) < 4.78 is 5.92. The van der Waals surface area contributed by atoms with Gasteiger partial charge in [0.1, 0.15) is 9.76 Å². The SMILES string of the molecule is C=C[Si](C)(O[SiH2]C)c1ccccc1. The van der Waals surface area contributed by atoms with E-state index in [1.807, 2.05) is 11.8 Å². The van der Waals surface area contributed by atoms with E-state index in [-0.39, 0.29) is 9.76 Å². The molecule has 1 unspecified atom stereocenters. The fourth-order valence-electron chi connectivity index (χ4n) is 1.33. The Morgan fingerprint density at radius 3 is 2.46 bits per heavy atom. The van der Waals surface area contributed by atoms with Gasteiger partial charge < -0.3 is 4.12 Å². The Hall–Kier alpha value is -0.646. The Kier molecular flexibility index (Phi) is 3.65. The van der Waals surface area contributed by atoms with Crippen LogP contribution in [0.1, 0.15) is 0 Å². The third-order valence-electron chi connectivity index (χ3n) is 2.18. The molecule has 1 rings (SSSR count). The summed E-state index contributed by atoms with van der Waals surface area (Å²) in [6.45, 7) is 8.25. The summed E-state index contributed by atoms with van der Waals surface area (Å²) >= 11 is 0. The van der Waals surface area contributed by atoms with Crippen LogP contribution in [0.2, 0.25) is 13.1 Å². The quantitative estimate of drug-likeness (QED) is 0.679. The molecule has 0 bridgehead atoms. The molecule has 70 valence electrons. The lowest BCUT2D eigenvalue weighted by Crippen LogP contribution is -2.46. The van der Waals surface area contributed by atoms with Crippen molar-refractivity contribution in [3.8, 4) is 0 Å². The molecular weight excluding hydrogens is 192 g/mol. The maximum absolute atomic E-state index is 5.92. The van der Waals surface area contributed by atoms with Gasteiger partial charge in [-0.15, -0.1) is 6.58 Å². The Bertz CT molecular complexity index is 274. The van der Waals surface area contributed by atoms with Crippen molar-refractivity contribution in [2.24, 2.45) is 0 Å². The minimum atomic E-state index is -1.77. The minimum Gasteiger partial charge on any atom is -0.455 e. The summed E-state index contributed by atoms with van der Waals surface area (Å²) in [5.41, 5.74) is 2.01. The number of hydrogen-bond acceptors (Lipinski definition) is 1. The van der Waals surface area contributed by atoms with Crippen LogP contribution < -0.4 is 5.19 Å². The van der Waals surface area contributed by atoms with Gasteiger partial charge in [0.25, 0.3) is 0 Å². The number of hydrogen-bond donors (Lipinski definition) is 0. The van der Waals surface area contributed by atoms with Gasteiger partial charge in [0, 0.05) is 0 Å². The lowest BCUT2D eigenvalue weighted by molar-refractivity contribution is 0.617. The van der Waals surface area contributed by atoms with Gasteiger partial charge in [-0.25, -0.2) is 0 Å². The van der Waals surface area contributed by atoms with E-state index in [0.29, 0.717) is 0 Å². The standard InChI is InChI=1S/C10H16OSi2/c1-4-13(3,11-12-2)10-8-6-5-7-9-10/h4-9H,1,12H2,2-3H3. The molecule has 1 aromatic carbocycles. The van der Waals surface area contributed by atoms with Crippen LogP contribution in [0, 0.1) is 0 Å². The molecule has 0 saturated heterocycles. The van der Waals surface area contributed by atoms with Gasteiger partial charge in [0.15, 0.2) is 0 Å². The van der Waals surface area contributed by atoms with Crippen molar-refractivity contribution >= 4 is 23.3 Å². The van der Waals surface area contributed by atoms with Crippen molar-refractivity contribution in [1.82, 2.24) is 0 Å². The van der Waals surface area contributed by atoms with Crippen molar-refractivity contribution in [2.75, 3.05) is 0 Å². The average molecular weight is 208 g/mol. The topological polar surface area (TPSA) is 9.23 Å². The van der Waals surface area contributed by atoms with Gasteiger partial charge in [-0.1, -0.05) is 42.6 Å². The van der Waals surface area contributed by atoms with Crippen LogP contribution in [0.4, 0.5) is 0 Å². The summed E-state index contributed by atoms with van der Waals surface area (Å²) in [5, 5.41) is 1.32. The zero-order valence-electron chi connectivity index (χ0n) is 8.29. The first-order valence-electron chi connectivity index (χ1n) is 4.56. The summed E-state index contributed by atoms with van der Waals surface area (Å²) in [6.07, 6.45) is 0. The molecule has 13 heavy (non-hydrogen) atoms. The van der Waals surface area contributed by atoms with Crippen LogP contribution >= 0.6 is 0 Å². The number of rotatable bonds is 4. The molecule has 0 saturated carbocycles. The summed E-state index contributed by atoms with van der Waals surface area (Å²) in [4.78, 5) is 0. The Morgan fingerprint density at radius 2 is 2.00 bits per heavy atom. The van der Waals surface area contributed by atoms with Crippen molar-refractivity contribution in [2.45, 2.75) is 13.1 Å². The molecule has 3 heteroatoms. The van der Waals surface area contributed by atoms with Crippen LogP contribution in [0.5, 0.6) is 0 Å². The van der Waals surface area contributed by atoms with Gasteiger partial charge in [0.2, 0.25) is 8.32 Å². The molecular formula is C10H16OSi2. The van der Waals surface area contributed by atoms with E-state index in [0.717, 1.165) is 0 Å². The fraction of sp³-hybridized carbons (Fsp3) is 0.200. The third-order valence-corrected chi connectivity index (χ3v) is 7.99. The Morgan fingerprint density at radius 1 is 1.38 bits per heavy atom. The molecule has 1 nitrogen and oxygen atoms in total. The highest BCUT2D eigenvalue weighted by Gasteiger charge is 2.25.